The number of aromatic nitrogens is 1. The van der Waals surface area contributed by atoms with Gasteiger partial charge in [0.05, 0.1) is 19.0 Å². The highest BCUT2D eigenvalue weighted by Gasteiger charge is 2.33. The van der Waals surface area contributed by atoms with Gasteiger partial charge < -0.3 is 15.0 Å². The normalized spacial score (nSPS) is 16.2. The number of rotatable bonds is 3. The lowest BCUT2D eigenvalue weighted by Crippen LogP contribution is -2.49. The first-order chi connectivity index (χ1) is 11.6. The van der Waals surface area contributed by atoms with Crippen molar-refractivity contribution in [3.8, 4) is 5.88 Å². The van der Waals surface area contributed by atoms with E-state index in [1.165, 1.54) is 20.2 Å². The van der Waals surface area contributed by atoms with E-state index < -0.39 is 6.04 Å². The van der Waals surface area contributed by atoms with Crippen LogP contribution in [0, 0.1) is 0 Å². The van der Waals surface area contributed by atoms with Gasteiger partial charge in [-0.05, 0) is 17.2 Å². The van der Waals surface area contributed by atoms with Gasteiger partial charge in [0.25, 0.3) is 0 Å². The molecule has 0 fully saturated rings. The van der Waals surface area contributed by atoms with Gasteiger partial charge in [-0.1, -0.05) is 24.3 Å². The molecule has 1 aromatic carbocycles. The van der Waals surface area contributed by atoms with Crippen LogP contribution in [-0.4, -0.2) is 34.8 Å². The summed E-state index contributed by atoms with van der Waals surface area (Å²) in [6.45, 7) is 1.94. The Kier molecular flexibility index (Phi) is 4.46. The van der Waals surface area contributed by atoms with Crippen molar-refractivity contribution in [3.05, 3.63) is 53.7 Å². The minimum absolute atomic E-state index is 0.113. The minimum Gasteiger partial charge on any atom is -0.481 e. The lowest BCUT2D eigenvalue weighted by molar-refractivity contribution is -0.138. The summed E-state index contributed by atoms with van der Waals surface area (Å²) < 4.78 is 5.00. The smallest absolute Gasteiger partial charge is 0.247 e. The summed E-state index contributed by atoms with van der Waals surface area (Å²) in [7, 11) is 1.53. The Balaban J connectivity index is 1.80. The molecule has 6 nitrogen and oxygen atoms in total. The number of nitrogens with zero attached hydrogens (tertiary/aromatic N) is 2. The quantitative estimate of drug-likeness (QED) is 0.937. The van der Waals surface area contributed by atoms with Crippen LogP contribution in [0.4, 0.5) is 5.69 Å². The molecule has 0 unspecified atom stereocenters. The molecule has 1 aliphatic rings. The fourth-order valence-electron chi connectivity index (χ4n) is 2.89. The molecule has 0 saturated carbocycles. The van der Waals surface area contributed by atoms with Gasteiger partial charge in [0.1, 0.15) is 6.04 Å². The third kappa shape index (κ3) is 3.22. The number of amides is 2. The SMILES string of the molecule is COc1ccc(NC(=O)[C@@H]2Cc3ccccc3CN2C(C)=O)cn1. The van der Waals surface area contributed by atoms with E-state index in [1.807, 2.05) is 24.3 Å². The summed E-state index contributed by atoms with van der Waals surface area (Å²) >= 11 is 0. The van der Waals surface area contributed by atoms with E-state index in [-0.39, 0.29) is 11.8 Å². The molecule has 2 heterocycles. The van der Waals surface area contributed by atoms with Gasteiger partial charge in [-0.2, -0.15) is 0 Å². The van der Waals surface area contributed by atoms with Gasteiger partial charge in [-0.15, -0.1) is 0 Å². The number of nitrogens with one attached hydrogen (secondary N) is 1. The second-order valence-electron chi connectivity index (χ2n) is 5.71. The lowest BCUT2D eigenvalue weighted by atomic mass is 9.93. The number of hydrogen-bond donors (Lipinski definition) is 1. The molecule has 2 amide bonds. The van der Waals surface area contributed by atoms with E-state index in [2.05, 4.69) is 10.3 Å². The number of anilines is 1. The maximum atomic E-state index is 12.7. The monoisotopic (exact) mass is 325 g/mol. The van der Waals surface area contributed by atoms with Gasteiger partial charge in [0, 0.05) is 26.0 Å². The van der Waals surface area contributed by atoms with Crippen molar-refractivity contribution in [1.82, 2.24) is 9.88 Å². The molecule has 0 bridgehead atoms. The number of benzene rings is 1. The van der Waals surface area contributed by atoms with E-state index in [0.29, 0.717) is 24.5 Å². The van der Waals surface area contributed by atoms with Crippen LogP contribution in [0.1, 0.15) is 18.1 Å². The number of hydrogen-bond acceptors (Lipinski definition) is 4. The lowest BCUT2D eigenvalue weighted by Gasteiger charge is -2.35. The molecule has 1 N–H and O–H groups in total. The van der Waals surface area contributed by atoms with Crippen molar-refractivity contribution in [2.75, 3.05) is 12.4 Å². The molecule has 6 heteroatoms. The van der Waals surface area contributed by atoms with Gasteiger partial charge in [-0.3, -0.25) is 9.59 Å². The first-order valence-electron chi connectivity index (χ1n) is 7.73. The van der Waals surface area contributed by atoms with E-state index in [9.17, 15) is 9.59 Å². The molecule has 0 spiro atoms. The third-order valence-corrected chi connectivity index (χ3v) is 4.17. The zero-order chi connectivity index (χ0) is 17.1. The Bertz CT molecular complexity index is 758. The van der Waals surface area contributed by atoms with Gasteiger partial charge in [0.2, 0.25) is 17.7 Å². The summed E-state index contributed by atoms with van der Waals surface area (Å²) in [6, 6.07) is 10.8. The molecular weight excluding hydrogens is 306 g/mol. The van der Waals surface area contributed by atoms with Crippen molar-refractivity contribution in [2.45, 2.75) is 25.9 Å². The van der Waals surface area contributed by atoms with Crippen molar-refractivity contribution < 1.29 is 14.3 Å². The fourth-order valence-corrected chi connectivity index (χ4v) is 2.89. The Morgan fingerprint density at radius 3 is 2.58 bits per heavy atom. The first kappa shape index (κ1) is 16.0. The molecule has 0 aliphatic carbocycles. The second-order valence-corrected chi connectivity index (χ2v) is 5.71. The molecule has 1 aliphatic heterocycles. The number of carbonyl (C=O) groups is 2. The maximum absolute atomic E-state index is 12.7. The van der Waals surface area contributed by atoms with Crippen LogP contribution < -0.4 is 10.1 Å². The minimum atomic E-state index is -0.528. The molecule has 2 aromatic rings. The molecular formula is C18H19N3O3. The number of fused-ring (bicyclic) bond motifs is 1. The largest absolute Gasteiger partial charge is 0.481 e. The standard InChI is InChI=1S/C18H19N3O3/c1-12(22)21-11-14-6-4-3-5-13(14)9-16(21)18(23)20-15-7-8-17(24-2)19-10-15/h3-8,10,16H,9,11H2,1-2H3,(H,20,23)/t16-/m0/s1. The number of pyridine rings is 1. The molecule has 1 aromatic heterocycles. The Morgan fingerprint density at radius 2 is 1.96 bits per heavy atom. The Morgan fingerprint density at radius 1 is 1.21 bits per heavy atom. The van der Waals surface area contributed by atoms with Crippen molar-refractivity contribution in [2.24, 2.45) is 0 Å². The number of methoxy groups -OCH3 is 1. The zero-order valence-corrected chi connectivity index (χ0v) is 13.7. The summed E-state index contributed by atoms with van der Waals surface area (Å²) in [6.07, 6.45) is 2.04. The fraction of sp³-hybridized carbons (Fsp3) is 0.278. The van der Waals surface area contributed by atoms with Gasteiger partial charge in [-0.25, -0.2) is 4.98 Å². The maximum Gasteiger partial charge on any atom is 0.247 e. The molecule has 1 atom stereocenters. The molecule has 0 saturated heterocycles. The van der Waals surface area contributed by atoms with Crippen molar-refractivity contribution >= 4 is 17.5 Å². The molecule has 124 valence electrons. The topological polar surface area (TPSA) is 71.5 Å². The van der Waals surface area contributed by atoms with E-state index in [0.717, 1.165) is 11.1 Å². The second kappa shape index (κ2) is 6.70. The van der Waals surface area contributed by atoms with Crippen LogP contribution in [0.2, 0.25) is 0 Å². The number of carbonyl (C=O) groups excluding carboxylic acids is 2. The van der Waals surface area contributed by atoms with Crippen LogP contribution in [0.25, 0.3) is 0 Å². The average Bonchev–Trinajstić information content (AvgIpc) is 2.61. The zero-order valence-electron chi connectivity index (χ0n) is 13.7. The summed E-state index contributed by atoms with van der Waals surface area (Å²) in [5, 5.41) is 2.83. The number of ether oxygens (including phenoxy) is 1. The van der Waals surface area contributed by atoms with Gasteiger partial charge in [0.15, 0.2) is 0 Å². The summed E-state index contributed by atoms with van der Waals surface area (Å²) in [5.74, 6) is 0.147. The van der Waals surface area contributed by atoms with Crippen LogP contribution in [-0.2, 0) is 22.6 Å². The highest BCUT2D eigenvalue weighted by atomic mass is 16.5. The van der Waals surface area contributed by atoms with Crippen LogP contribution in [0.15, 0.2) is 42.6 Å². The third-order valence-electron chi connectivity index (χ3n) is 4.17. The Hall–Kier alpha value is -2.89. The average molecular weight is 325 g/mol. The van der Waals surface area contributed by atoms with E-state index in [4.69, 9.17) is 4.74 Å². The van der Waals surface area contributed by atoms with E-state index in [1.54, 1.807) is 17.0 Å². The highest BCUT2D eigenvalue weighted by Crippen LogP contribution is 2.24. The predicted octanol–water partition coefficient (Wildman–Crippen LogP) is 2.00. The summed E-state index contributed by atoms with van der Waals surface area (Å²) in [4.78, 5) is 30.3. The molecule has 24 heavy (non-hydrogen) atoms. The van der Waals surface area contributed by atoms with Crippen LogP contribution in [0.3, 0.4) is 0 Å². The summed E-state index contributed by atoms with van der Waals surface area (Å²) in [5.41, 5.74) is 2.76. The van der Waals surface area contributed by atoms with Crippen LogP contribution >= 0.6 is 0 Å². The van der Waals surface area contributed by atoms with Crippen molar-refractivity contribution in [1.29, 1.82) is 0 Å². The Labute approximate surface area is 140 Å². The van der Waals surface area contributed by atoms with E-state index >= 15 is 0 Å². The highest BCUT2D eigenvalue weighted by molar-refractivity contribution is 5.97. The molecule has 3 rings (SSSR count). The molecule has 0 radical (unpaired) electrons. The first-order valence-corrected chi connectivity index (χ1v) is 7.73. The van der Waals surface area contributed by atoms with Crippen molar-refractivity contribution in [3.63, 3.8) is 0 Å². The van der Waals surface area contributed by atoms with Gasteiger partial charge >= 0.3 is 0 Å². The van der Waals surface area contributed by atoms with Crippen LogP contribution in [0.5, 0.6) is 5.88 Å². The predicted molar refractivity (Wildman–Crippen MR) is 89.6 cm³/mol.